The van der Waals surface area contributed by atoms with Crippen molar-refractivity contribution in [2.45, 2.75) is 11.8 Å². The van der Waals surface area contributed by atoms with Crippen LogP contribution in [-0.2, 0) is 10.2 Å². The van der Waals surface area contributed by atoms with Gasteiger partial charge in [0, 0.05) is 22.4 Å². The molecule has 1 aliphatic carbocycles. The number of halogens is 1. The highest BCUT2D eigenvalue weighted by atomic mass is 32.1. The quantitative estimate of drug-likeness (QED) is 0.378. The Morgan fingerprint density at radius 3 is 2.64 bits per heavy atom. The van der Waals surface area contributed by atoms with Crippen LogP contribution in [0.3, 0.4) is 0 Å². The van der Waals surface area contributed by atoms with E-state index in [1.54, 1.807) is 23.0 Å². The number of carbonyl (C=O) groups is 1. The minimum Gasteiger partial charge on any atom is -0.302 e. The highest BCUT2D eigenvalue weighted by Gasteiger charge is 2.60. The summed E-state index contributed by atoms with van der Waals surface area (Å²) in [5, 5.41) is 10.9. The molecule has 1 N–H and O–H groups in total. The SMILES string of the molecule is O=C(Nc1nccs1)[C@@H]1C[C@]1(c1ccccc1)c1ccc2c(cnn2-c2ccc(F)cc2)c1. The molecule has 1 fully saturated rings. The monoisotopic (exact) mass is 454 g/mol. The van der Waals surface area contributed by atoms with Gasteiger partial charge >= 0.3 is 0 Å². The summed E-state index contributed by atoms with van der Waals surface area (Å²) in [4.78, 5) is 17.3. The highest BCUT2D eigenvalue weighted by Crippen LogP contribution is 2.59. The van der Waals surface area contributed by atoms with Crippen LogP contribution in [0.4, 0.5) is 9.52 Å². The normalized spacial score (nSPS) is 19.5. The van der Waals surface area contributed by atoms with E-state index >= 15 is 0 Å². The minimum absolute atomic E-state index is 0.0177. The molecule has 162 valence electrons. The molecular weight excluding hydrogens is 435 g/mol. The molecular formula is C26H19FN4OS. The summed E-state index contributed by atoms with van der Waals surface area (Å²) in [7, 11) is 0. The standard InChI is InChI=1S/C26H19FN4OS/c27-20-7-9-21(10-8-20)31-23-11-6-19(14-17(23)16-29-31)26(18-4-2-1-3-5-18)15-22(26)24(32)30-25-28-12-13-33-25/h1-14,16,22H,15H2,(H,28,30,32)/t22-,26-/m0/s1. The van der Waals surface area contributed by atoms with Gasteiger partial charge in [-0.1, -0.05) is 36.4 Å². The second kappa shape index (κ2) is 7.64. The summed E-state index contributed by atoms with van der Waals surface area (Å²) in [5.74, 6) is -0.484. The number of nitrogens with zero attached hydrogens (tertiary/aromatic N) is 3. The second-order valence-electron chi connectivity index (χ2n) is 8.23. The lowest BCUT2D eigenvalue weighted by molar-refractivity contribution is -0.117. The third kappa shape index (κ3) is 3.32. The van der Waals surface area contributed by atoms with Crippen LogP contribution >= 0.6 is 11.3 Å². The number of fused-ring (bicyclic) bond motifs is 1. The minimum atomic E-state index is -0.394. The zero-order valence-corrected chi connectivity index (χ0v) is 18.3. The Hall–Kier alpha value is -3.84. The van der Waals surface area contributed by atoms with Crippen LogP contribution in [0.15, 0.2) is 90.6 Å². The molecule has 6 rings (SSSR count). The molecule has 2 atom stereocenters. The van der Waals surface area contributed by atoms with Gasteiger partial charge in [-0.25, -0.2) is 14.1 Å². The molecule has 2 heterocycles. The van der Waals surface area contributed by atoms with E-state index < -0.39 is 5.41 Å². The molecule has 0 unspecified atom stereocenters. The number of hydrogen-bond donors (Lipinski definition) is 1. The topological polar surface area (TPSA) is 59.8 Å². The summed E-state index contributed by atoms with van der Waals surface area (Å²) < 4.78 is 15.1. The van der Waals surface area contributed by atoms with Crippen molar-refractivity contribution in [3.63, 3.8) is 0 Å². The van der Waals surface area contributed by atoms with Crippen molar-refractivity contribution in [3.8, 4) is 5.69 Å². The van der Waals surface area contributed by atoms with Crippen LogP contribution in [-0.4, -0.2) is 20.7 Å². The Bertz CT molecular complexity index is 1450. The van der Waals surface area contributed by atoms with Crippen molar-refractivity contribution in [3.05, 3.63) is 108 Å². The number of aromatic nitrogens is 3. The maximum atomic E-state index is 13.3. The van der Waals surface area contributed by atoms with Gasteiger partial charge in [-0.05, 0) is 53.9 Å². The Morgan fingerprint density at radius 1 is 1.06 bits per heavy atom. The molecule has 3 aromatic carbocycles. The number of hydrogen-bond acceptors (Lipinski definition) is 4. The fourth-order valence-corrected chi connectivity index (χ4v) is 5.23. The van der Waals surface area contributed by atoms with E-state index in [-0.39, 0.29) is 17.6 Å². The van der Waals surface area contributed by atoms with E-state index in [4.69, 9.17) is 0 Å². The molecule has 0 radical (unpaired) electrons. The van der Waals surface area contributed by atoms with Gasteiger partial charge in [0.25, 0.3) is 0 Å². The Morgan fingerprint density at radius 2 is 1.88 bits per heavy atom. The number of anilines is 1. The van der Waals surface area contributed by atoms with E-state index in [0.717, 1.165) is 34.1 Å². The third-order valence-electron chi connectivity index (χ3n) is 6.38. The summed E-state index contributed by atoms with van der Waals surface area (Å²) >= 11 is 1.41. The number of carbonyl (C=O) groups excluding carboxylic acids is 1. The van der Waals surface area contributed by atoms with Crippen LogP contribution < -0.4 is 5.32 Å². The first-order chi connectivity index (χ1) is 16.1. The average Bonchev–Trinajstić information content (AvgIpc) is 3.16. The molecule has 0 aliphatic heterocycles. The molecule has 0 bridgehead atoms. The Labute approximate surface area is 193 Å². The lowest BCUT2D eigenvalue weighted by atomic mass is 9.85. The van der Waals surface area contributed by atoms with Gasteiger partial charge in [0.1, 0.15) is 5.82 Å². The first-order valence-electron chi connectivity index (χ1n) is 10.7. The van der Waals surface area contributed by atoms with Crippen molar-refractivity contribution in [2.24, 2.45) is 5.92 Å². The smallest absolute Gasteiger partial charge is 0.230 e. The summed E-state index contributed by atoms with van der Waals surface area (Å²) in [5.41, 5.74) is 3.53. The van der Waals surface area contributed by atoms with Crippen LogP contribution in [0, 0.1) is 11.7 Å². The van der Waals surface area contributed by atoms with Crippen LogP contribution in [0.5, 0.6) is 0 Å². The maximum absolute atomic E-state index is 13.3. The van der Waals surface area contributed by atoms with Gasteiger partial charge in [-0.3, -0.25) is 4.79 Å². The highest BCUT2D eigenvalue weighted by molar-refractivity contribution is 7.13. The van der Waals surface area contributed by atoms with Crippen molar-refractivity contribution < 1.29 is 9.18 Å². The molecule has 1 amide bonds. The predicted octanol–water partition coefficient (Wildman–Crippen LogP) is 5.57. The maximum Gasteiger partial charge on any atom is 0.230 e. The Kier molecular flexibility index (Phi) is 4.58. The zero-order chi connectivity index (χ0) is 22.4. The van der Waals surface area contributed by atoms with Crippen LogP contribution in [0.2, 0.25) is 0 Å². The van der Waals surface area contributed by atoms with Gasteiger partial charge in [-0.15, -0.1) is 11.3 Å². The van der Waals surface area contributed by atoms with Gasteiger partial charge < -0.3 is 5.32 Å². The first kappa shape index (κ1) is 19.8. The van der Waals surface area contributed by atoms with E-state index in [1.165, 1.54) is 23.5 Å². The number of amides is 1. The molecule has 2 aromatic heterocycles. The average molecular weight is 455 g/mol. The van der Waals surface area contributed by atoms with Gasteiger partial charge in [0.05, 0.1) is 23.3 Å². The van der Waals surface area contributed by atoms with Crippen molar-refractivity contribution in [1.29, 1.82) is 0 Å². The van der Waals surface area contributed by atoms with Crippen molar-refractivity contribution in [1.82, 2.24) is 14.8 Å². The second-order valence-corrected chi connectivity index (χ2v) is 9.12. The number of nitrogens with one attached hydrogen (secondary N) is 1. The van der Waals surface area contributed by atoms with Gasteiger partial charge in [-0.2, -0.15) is 5.10 Å². The molecule has 33 heavy (non-hydrogen) atoms. The van der Waals surface area contributed by atoms with Gasteiger partial charge in [0.15, 0.2) is 5.13 Å². The molecule has 5 nitrogen and oxygen atoms in total. The molecule has 1 aliphatic rings. The fraction of sp³-hybridized carbons (Fsp3) is 0.115. The lowest BCUT2D eigenvalue weighted by Crippen LogP contribution is -2.22. The van der Waals surface area contributed by atoms with E-state index in [1.807, 2.05) is 35.8 Å². The molecule has 0 spiro atoms. The summed E-state index contributed by atoms with van der Waals surface area (Å²) in [6.07, 6.45) is 4.23. The van der Waals surface area contributed by atoms with Crippen molar-refractivity contribution in [2.75, 3.05) is 5.32 Å². The van der Waals surface area contributed by atoms with Gasteiger partial charge in [0.2, 0.25) is 5.91 Å². The molecule has 7 heteroatoms. The summed E-state index contributed by atoms with van der Waals surface area (Å²) in [6.45, 7) is 0. The van der Waals surface area contributed by atoms with E-state index in [0.29, 0.717) is 5.13 Å². The lowest BCUT2D eigenvalue weighted by Gasteiger charge is -2.19. The van der Waals surface area contributed by atoms with Crippen LogP contribution in [0.25, 0.3) is 16.6 Å². The predicted molar refractivity (Wildman–Crippen MR) is 127 cm³/mol. The molecule has 5 aromatic rings. The first-order valence-corrected chi connectivity index (χ1v) is 11.5. The molecule has 0 saturated heterocycles. The third-order valence-corrected chi connectivity index (χ3v) is 7.07. The van der Waals surface area contributed by atoms with Crippen LogP contribution in [0.1, 0.15) is 17.5 Å². The number of thiazole rings is 1. The number of rotatable bonds is 5. The summed E-state index contributed by atoms with van der Waals surface area (Å²) in [6, 6.07) is 22.7. The number of benzene rings is 3. The zero-order valence-electron chi connectivity index (χ0n) is 17.5. The fourth-order valence-electron chi connectivity index (χ4n) is 4.70. The Balaban J connectivity index is 1.40. The molecule has 1 saturated carbocycles. The van der Waals surface area contributed by atoms with Crippen molar-refractivity contribution >= 4 is 33.3 Å². The van der Waals surface area contributed by atoms with E-state index in [9.17, 15) is 9.18 Å². The van der Waals surface area contributed by atoms with E-state index in [2.05, 4.69) is 39.7 Å². The largest absolute Gasteiger partial charge is 0.302 e.